The summed E-state index contributed by atoms with van der Waals surface area (Å²) >= 11 is 0. The van der Waals surface area contributed by atoms with Crippen molar-refractivity contribution in [2.45, 2.75) is 0 Å². The number of nitrogens with zero attached hydrogens (tertiary/aromatic N) is 1. The van der Waals surface area contributed by atoms with Crippen LogP contribution in [0.4, 0.5) is 0 Å². The molecule has 0 heterocycles. The number of carbonyl (C=O) groups excluding carboxylic acids is 1. The lowest BCUT2D eigenvalue weighted by Crippen LogP contribution is -2.37. The molecule has 0 saturated carbocycles. The second-order valence-corrected chi connectivity index (χ2v) is 2.25. The topological polar surface area (TPSA) is 105 Å². The van der Waals surface area contributed by atoms with Crippen molar-refractivity contribution in [3.05, 3.63) is 0 Å². The summed E-state index contributed by atoms with van der Waals surface area (Å²) in [6.45, 7) is 0.482. The summed E-state index contributed by atoms with van der Waals surface area (Å²) in [6, 6.07) is 0. The molecular formula is C6H14N4O2. The molecule has 0 aliphatic heterocycles. The van der Waals surface area contributed by atoms with E-state index >= 15 is 0 Å². The van der Waals surface area contributed by atoms with Crippen LogP contribution >= 0.6 is 0 Å². The van der Waals surface area contributed by atoms with E-state index in [1.165, 1.54) is 11.9 Å². The molecule has 0 aromatic carbocycles. The maximum absolute atomic E-state index is 10.8. The number of hydrogen-bond donors (Lipinski definition) is 3. The van der Waals surface area contributed by atoms with Crippen molar-refractivity contribution in [3.63, 3.8) is 0 Å². The molecule has 5 N–H and O–H groups in total. The predicted octanol–water partition coefficient (Wildman–Crippen LogP) is -1.69. The number of nitrogens with two attached hydrogens (primary N) is 2. The van der Waals surface area contributed by atoms with E-state index < -0.39 is 5.97 Å². The van der Waals surface area contributed by atoms with Gasteiger partial charge < -0.3 is 21.1 Å². The summed E-state index contributed by atoms with van der Waals surface area (Å²) in [4.78, 5) is 12.1. The molecule has 0 amide bonds. The number of esters is 1. The Kier molecular flexibility index (Phi) is 4.78. The standard InChI is InChI=1S/C6H14N4O2/c1-10(6(8)9)4-5(11)12-3-2-7/h2-4,7H2,1H3,(H3,8,9). The van der Waals surface area contributed by atoms with Gasteiger partial charge in [-0.05, 0) is 0 Å². The highest BCUT2D eigenvalue weighted by Crippen LogP contribution is 1.83. The van der Waals surface area contributed by atoms with Gasteiger partial charge in [0.05, 0.1) is 0 Å². The van der Waals surface area contributed by atoms with Gasteiger partial charge in [-0.3, -0.25) is 10.2 Å². The normalized spacial score (nSPS) is 9.17. The van der Waals surface area contributed by atoms with Crippen molar-refractivity contribution >= 4 is 11.9 Å². The minimum Gasteiger partial charge on any atom is -0.463 e. The summed E-state index contributed by atoms with van der Waals surface area (Å²) in [5.41, 5.74) is 10.2. The van der Waals surface area contributed by atoms with Crippen molar-refractivity contribution in [1.29, 1.82) is 5.41 Å². The molecule has 12 heavy (non-hydrogen) atoms. The van der Waals surface area contributed by atoms with Gasteiger partial charge in [-0.25, -0.2) is 0 Å². The minimum absolute atomic E-state index is 0.0185. The van der Waals surface area contributed by atoms with Crippen LogP contribution in [0.25, 0.3) is 0 Å². The van der Waals surface area contributed by atoms with Crippen LogP contribution in [0.3, 0.4) is 0 Å². The van der Waals surface area contributed by atoms with Crippen molar-refractivity contribution < 1.29 is 9.53 Å². The van der Waals surface area contributed by atoms with E-state index in [9.17, 15) is 4.79 Å². The number of nitrogens with one attached hydrogen (secondary N) is 1. The highest BCUT2D eigenvalue weighted by Gasteiger charge is 2.07. The zero-order valence-corrected chi connectivity index (χ0v) is 7.04. The third-order valence-corrected chi connectivity index (χ3v) is 1.16. The van der Waals surface area contributed by atoms with Gasteiger partial charge in [0, 0.05) is 13.6 Å². The van der Waals surface area contributed by atoms with Crippen LogP contribution in [-0.2, 0) is 9.53 Å². The van der Waals surface area contributed by atoms with Crippen LogP contribution in [0.2, 0.25) is 0 Å². The van der Waals surface area contributed by atoms with Crippen molar-refractivity contribution in [2.24, 2.45) is 11.5 Å². The lowest BCUT2D eigenvalue weighted by atomic mass is 10.6. The molecule has 0 aliphatic carbocycles. The second-order valence-electron chi connectivity index (χ2n) is 2.25. The van der Waals surface area contributed by atoms with E-state index in [1.54, 1.807) is 0 Å². The average Bonchev–Trinajstić information content (AvgIpc) is 2.00. The quantitative estimate of drug-likeness (QED) is 0.268. The van der Waals surface area contributed by atoms with Gasteiger partial charge >= 0.3 is 5.97 Å². The monoisotopic (exact) mass is 174 g/mol. The predicted molar refractivity (Wildman–Crippen MR) is 44.6 cm³/mol. The Labute approximate surface area is 71.0 Å². The average molecular weight is 174 g/mol. The molecular weight excluding hydrogens is 160 g/mol. The molecule has 6 heteroatoms. The van der Waals surface area contributed by atoms with Gasteiger partial charge in [-0.1, -0.05) is 0 Å². The third kappa shape index (κ3) is 4.51. The lowest BCUT2D eigenvalue weighted by molar-refractivity contribution is -0.143. The maximum atomic E-state index is 10.8. The molecule has 0 radical (unpaired) electrons. The second kappa shape index (κ2) is 5.36. The van der Waals surface area contributed by atoms with E-state index in [4.69, 9.17) is 16.9 Å². The Balaban J connectivity index is 3.61. The fraction of sp³-hybridized carbons (Fsp3) is 0.667. The minimum atomic E-state index is -0.432. The van der Waals surface area contributed by atoms with E-state index in [2.05, 4.69) is 4.74 Å². The fourth-order valence-electron chi connectivity index (χ4n) is 0.497. The molecule has 0 aromatic rings. The summed E-state index contributed by atoms with van der Waals surface area (Å²) in [5, 5.41) is 6.94. The molecule has 6 nitrogen and oxygen atoms in total. The highest BCUT2D eigenvalue weighted by atomic mass is 16.5. The molecule has 0 aliphatic rings. The Hall–Kier alpha value is -1.30. The van der Waals surface area contributed by atoms with Gasteiger partial charge in [0.1, 0.15) is 13.2 Å². The first-order valence-electron chi connectivity index (χ1n) is 3.48. The van der Waals surface area contributed by atoms with Gasteiger partial charge in [0.2, 0.25) is 0 Å². The summed E-state index contributed by atoms with van der Waals surface area (Å²) < 4.78 is 4.65. The van der Waals surface area contributed by atoms with Gasteiger partial charge in [0.25, 0.3) is 0 Å². The van der Waals surface area contributed by atoms with E-state index in [1.807, 2.05) is 0 Å². The van der Waals surface area contributed by atoms with Gasteiger partial charge in [-0.2, -0.15) is 0 Å². The molecule has 0 fully saturated rings. The molecule has 0 bridgehead atoms. The molecule has 0 spiro atoms. The zero-order valence-electron chi connectivity index (χ0n) is 7.04. The highest BCUT2D eigenvalue weighted by molar-refractivity contribution is 5.80. The molecule has 70 valence electrons. The van der Waals surface area contributed by atoms with Crippen LogP contribution in [0.15, 0.2) is 0 Å². The maximum Gasteiger partial charge on any atom is 0.325 e. The SMILES string of the molecule is CN(CC(=O)OCCN)C(=N)N. The Morgan fingerprint density at radius 2 is 2.25 bits per heavy atom. The van der Waals surface area contributed by atoms with Crippen LogP contribution in [0.5, 0.6) is 0 Å². The van der Waals surface area contributed by atoms with Gasteiger partial charge in [0.15, 0.2) is 5.96 Å². The van der Waals surface area contributed by atoms with Crippen molar-refractivity contribution in [3.8, 4) is 0 Å². The fourth-order valence-corrected chi connectivity index (χ4v) is 0.497. The Bertz CT molecular complexity index is 171. The van der Waals surface area contributed by atoms with Crippen molar-refractivity contribution in [2.75, 3.05) is 26.7 Å². The first-order valence-corrected chi connectivity index (χ1v) is 3.48. The number of hydrogen-bond acceptors (Lipinski definition) is 4. The smallest absolute Gasteiger partial charge is 0.325 e. The van der Waals surface area contributed by atoms with Crippen molar-refractivity contribution in [1.82, 2.24) is 4.90 Å². The third-order valence-electron chi connectivity index (χ3n) is 1.16. The summed E-state index contributed by atoms with van der Waals surface area (Å²) in [6.07, 6.45) is 0. The first-order chi connectivity index (χ1) is 5.57. The van der Waals surface area contributed by atoms with E-state index in [0.717, 1.165) is 0 Å². The van der Waals surface area contributed by atoms with Crippen LogP contribution < -0.4 is 11.5 Å². The molecule has 0 aromatic heterocycles. The number of rotatable bonds is 4. The number of carbonyl (C=O) groups is 1. The number of likely N-dealkylation sites (N-methyl/N-ethyl adjacent to an activating group) is 1. The van der Waals surface area contributed by atoms with Crippen LogP contribution in [0, 0.1) is 5.41 Å². The molecule has 0 atom stereocenters. The van der Waals surface area contributed by atoms with E-state index in [0.29, 0.717) is 6.54 Å². The molecule has 0 saturated heterocycles. The first kappa shape index (κ1) is 10.7. The van der Waals surface area contributed by atoms with Crippen LogP contribution in [0.1, 0.15) is 0 Å². The van der Waals surface area contributed by atoms with Crippen LogP contribution in [-0.4, -0.2) is 43.6 Å². The van der Waals surface area contributed by atoms with Gasteiger partial charge in [-0.15, -0.1) is 0 Å². The number of ether oxygens (including phenoxy) is 1. The van der Waals surface area contributed by atoms with E-state index in [-0.39, 0.29) is 19.1 Å². The Morgan fingerprint density at radius 3 is 2.67 bits per heavy atom. The largest absolute Gasteiger partial charge is 0.463 e. The summed E-state index contributed by atoms with van der Waals surface area (Å²) in [5.74, 6) is -0.599. The molecule has 0 rings (SSSR count). The Morgan fingerprint density at radius 1 is 1.67 bits per heavy atom. The molecule has 0 unspecified atom stereocenters. The summed E-state index contributed by atoms with van der Waals surface area (Å²) in [7, 11) is 1.53. The lowest BCUT2D eigenvalue weighted by Gasteiger charge is -2.14. The number of guanidine groups is 1. The zero-order chi connectivity index (χ0) is 9.56.